The largest absolute Gasteiger partial charge is 0.495 e. The highest BCUT2D eigenvalue weighted by Gasteiger charge is 2.25. The Morgan fingerprint density at radius 1 is 0.974 bits per heavy atom. The van der Waals surface area contributed by atoms with Crippen molar-refractivity contribution < 1.29 is 27.1 Å². The van der Waals surface area contributed by atoms with E-state index in [9.17, 15) is 13.2 Å². The maximum absolute atomic E-state index is 13.8. The van der Waals surface area contributed by atoms with Crippen molar-refractivity contribution in [3.8, 4) is 11.5 Å². The summed E-state index contributed by atoms with van der Waals surface area (Å²) in [6, 6.07) is 19.9. The summed E-state index contributed by atoms with van der Waals surface area (Å²) >= 11 is 1.30. The van der Waals surface area contributed by atoms with Crippen molar-refractivity contribution in [2.45, 2.75) is 18.4 Å². The predicted molar refractivity (Wildman–Crippen MR) is 150 cm³/mol. The second-order valence-corrected chi connectivity index (χ2v) is 11.3. The number of amides is 1. The fraction of sp³-hybridized carbons (Fsp3) is 0.143. The molecule has 0 unspecified atom stereocenters. The number of anilines is 2. The smallest absolute Gasteiger partial charge is 0.261 e. The van der Waals surface area contributed by atoms with Crippen LogP contribution in [0.2, 0.25) is 0 Å². The number of hydrogen-bond acceptors (Lipinski definition) is 8. The molecule has 1 amide bonds. The number of carbonyl (C=O) groups excluding carboxylic acids is 1. The van der Waals surface area contributed by atoms with Crippen LogP contribution in [0, 0.1) is 6.92 Å². The number of ether oxygens (including phenoxy) is 2. The molecule has 0 atom stereocenters. The molecule has 0 aliphatic heterocycles. The third kappa shape index (κ3) is 5.45. The molecule has 0 aliphatic carbocycles. The van der Waals surface area contributed by atoms with E-state index in [1.807, 2.05) is 6.92 Å². The highest BCUT2D eigenvalue weighted by Crippen LogP contribution is 2.40. The number of rotatable bonds is 9. The Balaban J connectivity index is 1.46. The van der Waals surface area contributed by atoms with Gasteiger partial charge in [0, 0.05) is 11.3 Å². The topological polar surface area (TPSA) is 111 Å². The van der Waals surface area contributed by atoms with Gasteiger partial charge in [0.05, 0.1) is 31.9 Å². The van der Waals surface area contributed by atoms with E-state index in [4.69, 9.17) is 18.9 Å². The van der Waals surface area contributed by atoms with Crippen LogP contribution in [0.4, 0.5) is 10.8 Å². The van der Waals surface area contributed by atoms with Crippen LogP contribution in [-0.4, -0.2) is 33.5 Å². The van der Waals surface area contributed by atoms with Gasteiger partial charge in [-0.25, -0.2) is 13.4 Å². The van der Waals surface area contributed by atoms with Crippen LogP contribution in [0.15, 0.2) is 88.4 Å². The van der Waals surface area contributed by atoms with Gasteiger partial charge in [-0.1, -0.05) is 29.0 Å². The first-order valence-electron chi connectivity index (χ1n) is 11.8. The van der Waals surface area contributed by atoms with E-state index in [1.165, 1.54) is 22.5 Å². The van der Waals surface area contributed by atoms with Gasteiger partial charge in [-0.15, -0.1) is 0 Å². The number of aryl methyl sites for hydroxylation is 1. The molecule has 200 valence electrons. The second kappa shape index (κ2) is 10.8. The van der Waals surface area contributed by atoms with E-state index < -0.39 is 10.0 Å². The summed E-state index contributed by atoms with van der Waals surface area (Å²) in [5, 5.41) is 0.429. The molecule has 5 rings (SSSR count). The lowest BCUT2D eigenvalue weighted by Crippen LogP contribution is -2.30. The number of thiazole rings is 1. The molecule has 0 spiro atoms. The summed E-state index contributed by atoms with van der Waals surface area (Å²) in [5.41, 5.74) is 2.22. The molecule has 11 heteroatoms. The van der Waals surface area contributed by atoms with Gasteiger partial charge in [0.1, 0.15) is 27.5 Å². The summed E-state index contributed by atoms with van der Waals surface area (Å²) < 4.78 is 45.3. The Morgan fingerprint density at radius 3 is 2.31 bits per heavy atom. The maximum atomic E-state index is 13.8. The van der Waals surface area contributed by atoms with Crippen LogP contribution in [0.25, 0.3) is 10.2 Å². The first-order valence-corrected chi connectivity index (χ1v) is 14.1. The molecule has 0 fully saturated rings. The number of nitrogens with zero attached hydrogens (tertiary/aromatic N) is 2. The fourth-order valence-electron chi connectivity index (χ4n) is 3.94. The lowest BCUT2D eigenvalue weighted by molar-refractivity contribution is 0.0983. The van der Waals surface area contributed by atoms with Gasteiger partial charge in [0.15, 0.2) is 5.13 Å². The number of benzene rings is 3. The average Bonchev–Trinajstić information content (AvgIpc) is 3.61. The normalized spacial score (nSPS) is 11.4. The minimum absolute atomic E-state index is 0.137. The molecular weight excluding hydrogens is 538 g/mol. The zero-order valence-corrected chi connectivity index (χ0v) is 23.0. The van der Waals surface area contributed by atoms with Crippen LogP contribution in [0.5, 0.6) is 11.5 Å². The minimum Gasteiger partial charge on any atom is -0.495 e. The van der Waals surface area contributed by atoms with E-state index in [2.05, 4.69) is 4.72 Å². The standard InChI is InChI=1S/C28H25N3O6S2/c1-18-6-12-22(13-7-18)39(33,34)30-20-10-8-19(9-11-20)27(32)31(17-21-5-4-16-37-21)28-29-25-23(35-2)14-15-24(36-3)26(25)38-28/h4-16,30H,17H2,1-3H3. The number of nitrogens with one attached hydrogen (secondary N) is 1. The molecule has 9 nitrogen and oxygen atoms in total. The molecule has 39 heavy (non-hydrogen) atoms. The molecule has 0 saturated heterocycles. The molecule has 0 aliphatic rings. The summed E-state index contributed by atoms with van der Waals surface area (Å²) in [7, 11) is -0.648. The summed E-state index contributed by atoms with van der Waals surface area (Å²) in [6.07, 6.45) is 1.54. The van der Waals surface area contributed by atoms with Gasteiger partial charge in [-0.2, -0.15) is 0 Å². The van der Waals surface area contributed by atoms with Crippen molar-refractivity contribution in [1.82, 2.24) is 4.98 Å². The number of carbonyl (C=O) groups is 1. The number of methoxy groups -OCH3 is 2. The predicted octanol–water partition coefficient (Wildman–Crippen LogP) is 5.86. The van der Waals surface area contributed by atoms with Gasteiger partial charge in [-0.05, 0) is 67.6 Å². The highest BCUT2D eigenvalue weighted by molar-refractivity contribution is 7.92. The molecule has 0 radical (unpaired) electrons. The van der Waals surface area contributed by atoms with Gasteiger partial charge in [0.25, 0.3) is 15.9 Å². The number of sulfonamides is 1. The molecule has 0 bridgehead atoms. The summed E-state index contributed by atoms with van der Waals surface area (Å²) in [4.78, 5) is 20.1. The van der Waals surface area contributed by atoms with E-state index in [-0.39, 0.29) is 17.3 Å². The molecule has 2 heterocycles. The Hall–Kier alpha value is -4.35. The quantitative estimate of drug-likeness (QED) is 0.239. The SMILES string of the molecule is COc1ccc(OC)c2sc(N(Cc3ccco3)C(=O)c3ccc(NS(=O)(=O)c4ccc(C)cc4)cc3)nc12. The monoisotopic (exact) mass is 563 g/mol. The number of aromatic nitrogens is 1. The van der Waals surface area contributed by atoms with Crippen molar-refractivity contribution in [1.29, 1.82) is 0 Å². The Kier molecular flexibility index (Phi) is 7.27. The van der Waals surface area contributed by atoms with Crippen LogP contribution in [0.3, 0.4) is 0 Å². The van der Waals surface area contributed by atoms with Crippen molar-refractivity contribution >= 4 is 48.3 Å². The van der Waals surface area contributed by atoms with E-state index in [0.29, 0.717) is 39.2 Å². The molecule has 1 N–H and O–H groups in total. The summed E-state index contributed by atoms with van der Waals surface area (Å²) in [6.45, 7) is 2.02. The Bertz CT molecular complexity index is 1670. The first kappa shape index (κ1) is 26.3. The molecule has 5 aromatic rings. The van der Waals surface area contributed by atoms with E-state index in [1.54, 1.807) is 87.0 Å². The van der Waals surface area contributed by atoms with Gasteiger partial charge in [-0.3, -0.25) is 14.4 Å². The van der Waals surface area contributed by atoms with Gasteiger partial charge in [0.2, 0.25) is 0 Å². The third-order valence-corrected chi connectivity index (χ3v) is 8.47. The molecular formula is C28H25N3O6S2. The zero-order valence-electron chi connectivity index (χ0n) is 21.4. The van der Waals surface area contributed by atoms with Crippen molar-refractivity contribution in [2.75, 3.05) is 23.8 Å². The molecule has 2 aromatic heterocycles. The second-order valence-electron chi connectivity index (χ2n) is 8.61. The third-order valence-electron chi connectivity index (χ3n) is 5.98. The highest BCUT2D eigenvalue weighted by atomic mass is 32.2. The number of fused-ring (bicyclic) bond motifs is 1. The number of hydrogen-bond donors (Lipinski definition) is 1. The first-order chi connectivity index (χ1) is 18.8. The Labute approximate surface area is 229 Å². The fourth-order valence-corrected chi connectivity index (χ4v) is 6.07. The lowest BCUT2D eigenvalue weighted by atomic mass is 10.2. The van der Waals surface area contributed by atoms with Crippen LogP contribution < -0.4 is 19.1 Å². The maximum Gasteiger partial charge on any atom is 0.261 e. The Morgan fingerprint density at radius 2 is 1.67 bits per heavy atom. The number of furan rings is 1. The van der Waals surface area contributed by atoms with Crippen molar-refractivity contribution in [3.05, 3.63) is 95.9 Å². The van der Waals surface area contributed by atoms with Crippen molar-refractivity contribution in [2.24, 2.45) is 0 Å². The van der Waals surface area contributed by atoms with Crippen LogP contribution in [0.1, 0.15) is 21.7 Å². The van der Waals surface area contributed by atoms with Crippen LogP contribution in [-0.2, 0) is 16.6 Å². The summed E-state index contributed by atoms with van der Waals surface area (Å²) in [5.74, 6) is 1.41. The minimum atomic E-state index is -3.77. The lowest BCUT2D eigenvalue weighted by Gasteiger charge is -2.19. The molecule has 0 saturated carbocycles. The van der Waals surface area contributed by atoms with E-state index in [0.717, 1.165) is 10.3 Å². The van der Waals surface area contributed by atoms with Crippen LogP contribution >= 0.6 is 11.3 Å². The van der Waals surface area contributed by atoms with Gasteiger partial charge < -0.3 is 13.9 Å². The van der Waals surface area contributed by atoms with Crippen molar-refractivity contribution in [3.63, 3.8) is 0 Å². The average molecular weight is 564 g/mol. The van der Waals surface area contributed by atoms with E-state index >= 15 is 0 Å². The molecule has 3 aromatic carbocycles. The van der Waals surface area contributed by atoms with Gasteiger partial charge >= 0.3 is 0 Å². The zero-order chi connectivity index (χ0) is 27.6.